The van der Waals surface area contributed by atoms with Crippen LogP contribution in [0.3, 0.4) is 0 Å². The molecule has 2 atom stereocenters. The SMILES string of the molecule is CCNC(=NCC(C)(C)NC(C)c1ccccc1)N1CCC(OCC2CCCCO2)CC1.I. The number of piperidine rings is 1. The first-order valence-electron chi connectivity index (χ1n) is 12.6. The highest BCUT2D eigenvalue weighted by molar-refractivity contribution is 14.0. The zero-order chi connectivity index (χ0) is 22.8. The van der Waals surface area contributed by atoms with E-state index >= 15 is 0 Å². The van der Waals surface area contributed by atoms with Crippen molar-refractivity contribution in [1.29, 1.82) is 0 Å². The van der Waals surface area contributed by atoms with Gasteiger partial charge in [-0.1, -0.05) is 30.3 Å². The molecular formula is C26H45IN4O2. The molecule has 188 valence electrons. The van der Waals surface area contributed by atoms with Crippen LogP contribution in [-0.4, -0.2) is 68.0 Å². The number of guanidine groups is 1. The van der Waals surface area contributed by atoms with Gasteiger partial charge in [0.05, 0.1) is 25.4 Å². The summed E-state index contributed by atoms with van der Waals surface area (Å²) in [5.74, 6) is 1.02. The minimum Gasteiger partial charge on any atom is -0.376 e. The Kier molecular flexibility index (Phi) is 12.4. The Morgan fingerprint density at radius 2 is 1.91 bits per heavy atom. The zero-order valence-electron chi connectivity index (χ0n) is 21.0. The number of ether oxygens (including phenoxy) is 2. The van der Waals surface area contributed by atoms with Gasteiger partial charge in [0, 0.05) is 37.8 Å². The third-order valence-corrected chi connectivity index (χ3v) is 6.40. The Morgan fingerprint density at radius 3 is 2.55 bits per heavy atom. The molecule has 3 rings (SSSR count). The van der Waals surface area contributed by atoms with Crippen molar-refractivity contribution in [2.24, 2.45) is 4.99 Å². The average molecular weight is 573 g/mol. The number of hydrogen-bond acceptors (Lipinski definition) is 4. The van der Waals surface area contributed by atoms with Crippen LogP contribution in [0.1, 0.15) is 71.4 Å². The van der Waals surface area contributed by atoms with Crippen LogP contribution in [0.2, 0.25) is 0 Å². The molecule has 7 heteroatoms. The van der Waals surface area contributed by atoms with E-state index in [2.05, 4.69) is 73.6 Å². The lowest BCUT2D eigenvalue weighted by atomic mass is 10.0. The lowest BCUT2D eigenvalue weighted by molar-refractivity contribution is -0.0721. The molecule has 0 radical (unpaired) electrons. The fourth-order valence-corrected chi connectivity index (χ4v) is 4.57. The maximum atomic E-state index is 6.19. The van der Waals surface area contributed by atoms with Crippen molar-refractivity contribution < 1.29 is 9.47 Å². The first kappa shape index (κ1) is 28.3. The molecule has 0 aliphatic carbocycles. The smallest absolute Gasteiger partial charge is 0.193 e. The van der Waals surface area contributed by atoms with Gasteiger partial charge in [0.25, 0.3) is 0 Å². The molecule has 0 spiro atoms. The molecule has 0 saturated carbocycles. The van der Waals surface area contributed by atoms with Gasteiger partial charge in [-0.2, -0.15) is 0 Å². The van der Waals surface area contributed by atoms with E-state index in [1.165, 1.54) is 18.4 Å². The van der Waals surface area contributed by atoms with Crippen molar-refractivity contribution in [3.63, 3.8) is 0 Å². The summed E-state index contributed by atoms with van der Waals surface area (Å²) in [5, 5.41) is 7.24. The van der Waals surface area contributed by atoms with Crippen molar-refractivity contribution >= 4 is 29.9 Å². The maximum Gasteiger partial charge on any atom is 0.193 e. The van der Waals surface area contributed by atoms with Crippen molar-refractivity contribution in [2.75, 3.05) is 39.4 Å². The summed E-state index contributed by atoms with van der Waals surface area (Å²) in [4.78, 5) is 7.39. The Labute approximate surface area is 218 Å². The van der Waals surface area contributed by atoms with E-state index in [0.29, 0.717) is 12.2 Å². The van der Waals surface area contributed by atoms with Gasteiger partial charge in [0.2, 0.25) is 0 Å². The van der Waals surface area contributed by atoms with E-state index in [1.54, 1.807) is 0 Å². The average Bonchev–Trinajstić information content (AvgIpc) is 2.82. The van der Waals surface area contributed by atoms with E-state index in [0.717, 1.165) is 64.6 Å². The standard InChI is InChI=1S/C26H44N4O2.HI/c1-5-27-25(28-20-26(3,4)29-21(2)22-11-7-6-8-12-22)30-16-14-23(15-17-30)32-19-24-13-9-10-18-31-24;/h6-8,11-12,21,23-24,29H,5,9-10,13-20H2,1-4H3,(H,27,28);1H. The molecule has 6 nitrogen and oxygen atoms in total. The van der Waals surface area contributed by atoms with Crippen molar-refractivity contribution in [1.82, 2.24) is 15.5 Å². The van der Waals surface area contributed by atoms with Gasteiger partial charge in [0.1, 0.15) is 0 Å². The molecule has 2 N–H and O–H groups in total. The van der Waals surface area contributed by atoms with Gasteiger partial charge in [-0.15, -0.1) is 24.0 Å². The Hall–Kier alpha value is -0.900. The summed E-state index contributed by atoms with van der Waals surface area (Å²) in [7, 11) is 0. The van der Waals surface area contributed by atoms with Gasteiger partial charge in [-0.3, -0.25) is 4.99 Å². The van der Waals surface area contributed by atoms with Crippen LogP contribution < -0.4 is 10.6 Å². The number of benzene rings is 1. The summed E-state index contributed by atoms with van der Waals surface area (Å²) in [6.45, 7) is 14.0. The van der Waals surface area contributed by atoms with Gasteiger partial charge < -0.3 is 25.0 Å². The molecule has 1 aromatic rings. The normalized spacial score (nSPS) is 21.4. The molecule has 2 aliphatic heterocycles. The fourth-order valence-electron chi connectivity index (χ4n) is 4.57. The van der Waals surface area contributed by atoms with Crippen molar-refractivity contribution in [2.45, 2.75) is 83.6 Å². The second-order valence-corrected chi connectivity index (χ2v) is 9.84. The predicted molar refractivity (Wildman–Crippen MR) is 148 cm³/mol. The molecule has 0 amide bonds. The highest BCUT2D eigenvalue weighted by Crippen LogP contribution is 2.19. The van der Waals surface area contributed by atoms with Crippen LogP contribution in [0.25, 0.3) is 0 Å². The van der Waals surface area contributed by atoms with Crippen LogP contribution in [0, 0.1) is 0 Å². The number of rotatable bonds is 9. The first-order valence-corrected chi connectivity index (χ1v) is 12.6. The van der Waals surface area contributed by atoms with E-state index in [1.807, 2.05) is 0 Å². The summed E-state index contributed by atoms with van der Waals surface area (Å²) in [5.41, 5.74) is 1.20. The zero-order valence-corrected chi connectivity index (χ0v) is 23.3. The van der Waals surface area contributed by atoms with Gasteiger partial charge >= 0.3 is 0 Å². The van der Waals surface area contributed by atoms with Gasteiger partial charge in [-0.25, -0.2) is 0 Å². The van der Waals surface area contributed by atoms with Crippen LogP contribution in [-0.2, 0) is 9.47 Å². The Bertz CT molecular complexity index is 687. The third-order valence-electron chi connectivity index (χ3n) is 6.40. The van der Waals surface area contributed by atoms with Gasteiger partial charge in [-0.05, 0) is 65.4 Å². The number of hydrogen-bond donors (Lipinski definition) is 2. The fraction of sp³-hybridized carbons (Fsp3) is 0.731. The molecule has 1 aromatic carbocycles. The topological polar surface area (TPSA) is 58.1 Å². The van der Waals surface area contributed by atoms with Crippen LogP contribution in [0.5, 0.6) is 0 Å². The summed E-state index contributed by atoms with van der Waals surface area (Å²) < 4.78 is 12.0. The molecule has 2 heterocycles. The van der Waals surface area contributed by atoms with E-state index in [-0.39, 0.29) is 35.6 Å². The Morgan fingerprint density at radius 1 is 1.18 bits per heavy atom. The highest BCUT2D eigenvalue weighted by atomic mass is 127. The van der Waals surface area contributed by atoms with Crippen LogP contribution in [0.15, 0.2) is 35.3 Å². The lowest BCUT2D eigenvalue weighted by Crippen LogP contribution is -2.49. The molecule has 2 unspecified atom stereocenters. The van der Waals surface area contributed by atoms with E-state index in [9.17, 15) is 0 Å². The summed E-state index contributed by atoms with van der Waals surface area (Å²) in [6, 6.07) is 10.9. The highest BCUT2D eigenvalue weighted by Gasteiger charge is 2.25. The minimum atomic E-state index is -0.0998. The largest absolute Gasteiger partial charge is 0.376 e. The molecule has 0 aromatic heterocycles. The monoisotopic (exact) mass is 572 g/mol. The van der Waals surface area contributed by atoms with E-state index < -0.39 is 0 Å². The predicted octanol–water partition coefficient (Wildman–Crippen LogP) is 4.75. The Balaban J connectivity index is 0.00000385. The number of halogens is 1. The molecule has 33 heavy (non-hydrogen) atoms. The second kappa shape index (κ2) is 14.5. The third kappa shape index (κ3) is 9.70. The second-order valence-electron chi connectivity index (χ2n) is 9.84. The maximum absolute atomic E-state index is 6.19. The molecule has 2 saturated heterocycles. The molecule has 2 fully saturated rings. The minimum absolute atomic E-state index is 0. The number of nitrogens with one attached hydrogen (secondary N) is 2. The number of likely N-dealkylation sites (tertiary alicyclic amines) is 1. The van der Waals surface area contributed by atoms with Crippen LogP contribution in [0.4, 0.5) is 0 Å². The summed E-state index contributed by atoms with van der Waals surface area (Å²) in [6.07, 6.45) is 6.33. The quantitative estimate of drug-likeness (QED) is 0.254. The summed E-state index contributed by atoms with van der Waals surface area (Å²) >= 11 is 0. The molecule has 2 aliphatic rings. The van der Waals surface area contributed by atoms with Crippen molar-refractivity contribution in [3.05, 3.63) is 35.9 Å². The van der Waals surface area contributed by atoms with Gasteiger partial charge in [0.15, 0.2) is 5.96 Å². The van der Waals surface area contributed by atoms with Crippen LogP contribution >= 0.6 is 24.0 Å². The lowest BCUT2D eigenvalue weighted by Gasteiger charge is -2.36. The van der Waals surface area contributed by atoms with Crippen molar-refractivity contribution in [3.8, 4) is 0 Å². The first-order chi connectivity index (χ1) is 15.5. The molecule has 0 bridgehead atoms. The van der Waals surface area contributed by atoms with E-state index in [4.69, 9.17) is 14.5 Å². The molecular weight excluding hydrogens is 527 g/mol. The number of nitrogens with zero attached hydrogens (tertiary/aromatic N) is 2. The number of aliphatic imine (C=N–C) groups is 1.